The molecule has 0 saturated carbocycles. The molecule has 0 saturated heterocycles. The first-order valence-electron chi connectivity index (χ1n) is 16.9. The molecule has 1 aliphatic carbocycles. The van der Waals surface area contributed by atoms with Crippen molar-refractivity contribution in [3.05, 3.63) is 187 Å². The lowest BCUT2D eigenvalue weighted by atomic mass is 9.80. The number of fused-ring (bicyclic) bond motifs is 5. The maximum absolute atomic E-state index is 2.43. The summed E-state index contributed by atoms with van der Waals surface area (Å²) in [5.74, 6) is 0. The van der Waals surface area contributed by atoms with E-state index in [0.29, 0.717) is 0 Å². The number of anilines is 3. The lowest BCUT2D eigenvalue weighted by Gasteiger charge is -2.27. The van der Waals surface area contributed by atoms with E-state index in [2.05, 4.69) is 195 Å². The van der Waals surface area contributed by atoms with Crippen molar-refractivity contribution in [1.29, 1.82) is 0 Å². The summed E-state index contributed by atoms with van der Waals surface area (Å²) in [7, 11) is 0. The van der Waals surface area contributed by atoms with Gasteiger partial charge in [0.1, 0.15) is 0 Å². The Balaban J connectivity index is 1.12. The largest absolute Gasteiger partial charge is 0.310 e. The van der Waals surface area contributed by atoms with Crippen molar-refractivity contribution in [2.45, 2.75) is 19.3 Å². The van der Waals surface area contributed by atoms with Crippen LogP contribution in [-0.2, 0) is 5.41 Å². The van der Waals surface area contributed by atoms with Gasteiger partial charge in [0.25, 0.3) is 0 Å². The Kier molecular flexibility index (Phi) is 7.07. The first kappa shape index (κ1) is 29.4. The van der Waals surface area contributed by atoms with Crippen molar-refractivity contribution < 1.29 is 0 Å². The molecular formula is C47H35NS. The van der Waals surface area contributed by atoms with Gasteiger partial charge < -0.3 is 4.90 Å². The zero-order valence-electron chi connectivity index (χ0n) is 27.6. The lowest BCUT2D eigenvalue weighted by Crippen LogP contribution is -2.15. The van der Waals surface area contributed by atoms with Crippen LogP contribution in [0.4, 0.5) is 17.1 Å². The van der Waals surface area contributed by atoms with Gasteiger partial charge in [0.2, 0.25) is 0 Å². The molecule has 0 amide bonds. The Morgan fingerprint density at radius 2 is 0.939 bits per heavy atom. The summed E-state index contributed by atoms with van der Waals surface area (Å²) in [6.45, 7) is 4.77. The second-order valence-corrected chi connectivity index (χ2v) is 14.5. The summed E-state index contributed by atoms with van der Waals surface area (Å²) in [6, 6.07) is 64.0. The highest BCUT2D eigenvalue weighted by atomic mass is 32.1. The highest BCUT2D eigenvalue weighted by Crippen LogP contribution is 2.56. The first-order chi connectivity index (χ1) is 24.0. The molecule has 0 aliphatic heterocycles. The maximum atomic E-state index is 2.43. The second-order valence-electron chi connectivity index (χ2n) is 13.4. The third-order valence-corrected chi connectivity index (χ3v) is 11.2. The number of nitrogens with zero attached hydrogens (tertiary/aromatic N) is 1. The quantitative estimate of drug-likeness (QED) is 0.174. The highest BCUT2D eigenvalue weighted by Gasteiger charge is 2.38. The zero-order chi connectivity index (χ0) is 33.0. The predicted octanol–water partition coefficient (Wildman–Crippen LogP) is 13.7. The summed E-state index contributed by atoms with van der Waals surface area (Å²) in [4.78, 5) is 3.80. The van der Waals surface area contributed by atoms with Crippen molar-refractivity contribution in [2.75, 3.05) is 4.90 Å². The van der Waals surface area contributed by atoms with Crippen LogP contribution >= 0.6 is 11.3 Å². The predicted molar refractivity (Wildman–Crippen MR) is 210 cm³/mol. The summed E-state index contributed by atoms with van der Waals surface area (Å²) in [5.41, 5.74) is 14.9. The fraction of sp³-hybridized carbons (Fsp3) is 0.0638. The van der Waals surface area contributed by atoms with E-state index in [9.17, 15) is 0 Å². The first-order valence-corrected chi connectivity index (χ1v) is 17.7. The molecular weight excluding hydrogens is 611 g/mol. The van der Waals surface area contributed by atoms with Crippen LogP contribution in [0.15, 0.2) is 176 Å². The minimum atomic E-state index is -0.0510. The molecule has 1 nitrogen and oxygen atoms in total. The smallest absolute Gasteiger partial charge is 0.0467 e. The van der Waals surface area contributed by atoms with E-state index < -0.39 is 0 Å². The van der Waals surface area contributed by atoms with Crippen molar-refractivity contribution >= 4 is 38.5 Å². The van der Waals surface area contributed by atoms with Crippen molar-refractivity contribution in [3.63, 3.8) is 0 Å². The zero-order valence-corrected chi connectivity index (χ0v) is 28.4. The van der Waals surface area contributed by atoms with Crippen LogP contribution < -0.4 is 4.90 Å². The van der Waals surface area contributed by atoms with Crippen molar-refractivity contribution in [2.24, 2.45) is 0 Å². The second kappa shape index (κ2) is 11.8. The minimum absolute atomic E-state index is 0.0510. The van der Waals surface area contributed by atoms with Crippen LogP contribution in [0.25, 0.3) is 53.9 Å². The molecule has 234 valence electrons. The molecule has 0 radical (unpaired) electrons. The van der Waals surface area contributed by atoms with E-state index in [-0.39, 0.29) is 5.41 Å². The molecule has 0 N–H and O–H groups in total. The fourth-order valence-corrected chi connectivity index (χ4v) is 8.99. The molecule has 0 unspecified atom stereocenters. The molecule has 1 aliphatic rings. The minimum Gasteiger partial charge on any atom is -0.310 e. The van der Waals surface area contributed by atoms with Gasteiger partial charge in [-0.1, -0.05) is 141 Å². The monoisotopic (exact) mass is 645 g/mol. The van der Waals surface area contributed by atoms with Crippen LogP contribution in [0.2, 0.25) is 0 Å². The molecule has 0 bridgehead atoms. The molecule has 0 atom stereocenters. The van der Waals surface area contributed by atoms with Crippen LogP contribution in [0.3, 0.4) is 0 Å². The van der Waals surface area contributed by atoms with Crippen molar-refractivity contribution in [1.82, 2.24) is 0 Å². The Morgan fingerprint density at radius 1 is 0.429 bits per heavy atom. The number of hydrogen-bond acceptors (Lipinski definition) is 2. The number of rotatable bonds is 6. The summed E-state index contributed by atoms with van der Waals surface area (Å²) < 4.78 is 1.37. The third-order valence-electron chi connectivity index (χ3n) is 10.0. The molecule has 2 heteroatoms. The Labute approximate surface area is 292 Å². The van der Waals surface area contributed by atoms with Gasteiger partial charge in [-0.3, -0.25) is 0 Å². The highest BCUT2D eigenvalue weighted by molar-refractivity contribution is 7.22. The molecule has 7 aromatic carbocycles. The number of hydrogen-bond donors (Lipinski definition) is 0. The van der Waals surface area contributed by atoms with Gasteiger partial charge in [0, 0.05) is 32.1 Å². The SMILES string of the molecule is CC1(C)c2cc(-c3ccc(N(c4cccc(-c5ccccc5)c4)c4cccc(-c5ccccc5)c4)cc3)ccc2-c2sc3ccccc3c21. The van der Waals surface area contributed by atoms with Gasteiger partial charge in [-0.05, 0) is 104 Å². The molecule has 9 rings (SSSR count). The Morgan fingerprint density at radius 3 is 1.57 bits per heavy atom. The average Bonchev–Trinajstić information content (AvgIpc) is 3.66. The fourth-order valence-electron chi connectivity index (χ4n) is 7.59. The standard InChI is InChI=1S/C47H35NS/c1-47(2)43-31-37(25-28-41(43)46-45(47)42-21-9-10-22-44(42)49-46)34-23-26-38(27-24-34)48(39-19-11-17-35(29-39)32-13-5-3-6-14-32)40-20-12-18-36(30-40)33-15-7-4-8-16-33/h3-31H,1-2H3. The third kappa shape index (κ3) is 5.08. The van der Waals surface area contributed by atoms with Gasteiger partial charge in [-0.25, -0.2) is 0 Å². The normalized spacial score (nSPS) is 12.9. The summed E-state index contributed by atoms with van der Waals surface area (Å²) in [5, 5.41) is 1.39. The van der Waals surface area contributed by atoms with Gasteiger partial charge in [0.15, 0.2) is 0 Å². The summed E-state index contributed by atoms with van der Waals surface area (Å²) >= 11 is 1.93. The number of benzene rings is 7. The van der Waals surface area contributed by atoms with Gasteiger partial charge in [-0.15, -0.1) is 11.3 Å². The van der Waals surface area contributed by atoms with Crippen LogP contribution in [0.1, 0.15) is 25.0 Å². The number of thiophene rings is 1. The van der Waals surface area contributed by atoms with Gasteiger partial charge in [0.05, 0.1) is 0 Å². The molecule has 49 heavy (non-hydrogen) atoms. The van der Waals surface area contributed by atoms with Crippen molar-refractivity contribution in [3.8, 4) is 43.8 Å². The summed E-state index contributed by atoms with van der Waals surface area (Å²) in [6.07, 6.45) is 0. The van der Waals surface area contributed by atoms with E-state index in [4.69, 9.17) is 0 Å². The maximum Gasteiger partial charge on any atom is 0.0467 e. The van der Waals surface area contributed by atoms with E-state index >= 15 is 0 Å². The van der Waals surface area contributed by atoms with Crippen LogP contribution in [0, 0.1) is 0 Å². The van der Waals surface area contributed by atoms with E-state index in [1.807, 2.05) is 11.3 Å². The van der Waals surface area contributed by atoms with E-state index in [1.165, 1.54) is 65.0 Å². The van der Waals surface area contributed by atoms with E-state index in [0.717, 1.165) is 17.1 Å². The van der Waals surface area contributed by atoms with Crippen LogP contribution in [0.5, 0.6) is 0 Å². The Bertz CT molecular complexity index is 2370. The Hall–Kier alpha value is -5.70. The molecule has 0 fully saturated rings. The topological polar surface area (TPSA) is 3.24 Å². The van der Waals surface area contributed by atoms with E-state index in [1.54, 1.807) is 0 Å². The molecule has 1 heterocycles. The molecule has 1 aromatic heterocycles. The van der Waals surface area contributed by atoms with Gasteiger partial charge >= 0.3 is 0 Å². The van der Waals surface area contributed by atoms with Crippen LogP contribution in [-0.4, -0.2) is 0 Å². The molecule has 0 spiro atoms. The van der Waals surface area contributed by atoms with Gasteiger partial charge in [-0.2, -0.15) is 0 Å². The average molecular weight is 646 g/mol. The molecule has 8 aromatic rings. The lowest BCUT2D eigenvalue weighted by molar-refractivity contribution is 0.667.